The summed E-state index contributed by atoms with van der Waals surface area (Å²) in [7, 11) is 0. The van der Waals surface area contributed by atoms with E-state index < -0.39 is 6.10 Å². The number of aromatic nitrogens is 1. The van der Waals surface area contributed by atoms with Gasteiger partial charge in [0.2, 0.25) is 0 Å². The van der Waals surface area contributed by atoms with Crippen molar-refractivity contribution >= 4 is 11.6 Å². The molecule has 0 fully saturated rings. The number of unbranched alkanes of at least 4 members (excludes halogenated alkanes) is 3. The summed E-state index contributed by atoms with van der Waals surface area (Å²) in [4.78, 5) is 3.89. The van der Waals surface area contributed by atoms with Crippen LogP contribution in [-0.4, -0.2) is 10.1 Å². The largest absolute Gasteiger partial charge is 0.388 e. The van der Waals surface area contributed by atoms with Crippen LogP contribution in [0.4, 0.5) is 0 Å². The molecule has 1 rings (SSSR count). The minimum Gasteiger partial charge on any atom is -0.388 e. The maximum atomic E-state index is 9.93. The molecule has 3 heteroatoms. The van der Waals surface area contributed by atoms with Crippen LogP contribution in [0, 0.1) is 0 Å². The number of aliphatic hydroxyl groups excluding tert-OH is 1. The summed E-state index contributed by atoms with van der Waals surface area (Å²) < 4.78 is 0. The molecule has 0 aliphatic heterocycles. The van der Waals surface area contributed by atoms with Crippen molar-refractivity contribution in [3.63, 3.8) is 0 Å². The first-order chi connectivity index (χ1) is 7.75. The molecule has 0 bridgehead atoms. The molecular formula is C13H18ClNO. The van der Waals surface area contributed by atoms with Gasteiger partial charge in [0, 0.05) is 18.0 Å². The predicted molar refractivity (Wildman–Crippen MR) is 67.5 cm³/mol. The first-order valence-electron chi connectivity index (χ1n) is 5.64. The van der Waals surface area contributed by atoms with Crippen LogP contribution in [0.5, 0.6) is 0 Å². The quantitative estimate of drug-likeness (QED) is 0.578. The SMILES string of the molecule is C=CCCCCCC(O)c1ccncc1Cl. The molecule has 0 saturated carbocycles. The average molecular weight is 240 g/mol. The molecular weight excluding hydrogens is 222 g/mol. The van der Waals surface area contributed by atoms with E-state index in [0.717, 1.165) is 37.7 Å². The molecule has 0 aliphatic carbocycles. The Labute approximate surface area is 102 Å². The smallest absolute Gasteiger partial charge is 0.0805 e. The van der Waals surface area contributed by atoms with Crippen LogP contribution in [-0.2, 0) is 0 Å². The van der Waals surface area contributed by atoms with Crippen molar-refractivity contribution in [3.05, 3.63) is 41.7 Å². The van der Waals surface area contributed by atoms with Gasteiger partial charge >= 0.3 is 0 Å². The summed E-state index contributed by atoms with van der Waals surface area (Å²) in [5.74, 6) is 0. The molecule has 1 aromatic rings. The molecule has 2 nitrogen and oxygen atoms in total. The van der Waals surface area contributed by atoms with Crippen molar-refractivity contribution in [1.82, 2.24) is 4.98 Å². The van der Waals surface area contributed by atoms with Crippen LogP contribution in [0.25, 0.3) is 0 Å². The Hall–Kier alpha value is -0.860. The molecule has 1 N–H and O–H groups in total. The van der Waals surface area contributed by atoms with Crippen molar-refractivity contribution < 1.29 is 5.11 Å². The Morgan fingerprint density at radius 3 is 2.94 bits per heavy atom. The molecule has 1 heterocycles. The number of allylic oxidation sites excluding steroid dienone is 1. The van der Waals surface area contributed by atoms with E-state index >= 15 is 0 Å². The topological polar surface area (TPSA) is 33.1 Å². The maximum absolute atomic E-state index is 9.93. The Balaban J connectivity index is 2.32. The lowest BCUT2D eigenvalue weighted by Gasteiger charge is -2.11. The molecule has 0 spiro atoms. The van der Waals surface area contributed by atoms with Gasteiger partial charge < -0.3 is 5.11 Å². The second-order valence-electron chi connectivity index (χ2n) is 3.84. The number of hydrogen-bond acceptors (Lipinski definition) is 2. The number of nitrogens with zero attached hydrogens (tertiary/aromatic N) is 1. The van der Waals surface area contributed by atoms with E-state index in [0.29, 0.717) is 5.02 Å². The highest BCUT2D eigenvalue weighted by Gasteiger charge is 2.10. The van der Waals surface area contributed by atoms with Gasteiger partial charge in [0.05, 0.1) is 11.1 Å². The van der Waals surface area contributed by atoms with E-state index in [1.54, 1.807) is 18.5 Å². The fourth-order valence-electron chi connectivity index (χ4n) is 1.61. The molecule has 1 atom stereocenters. The van der Waals surface area contributed by atoms with Gasteiger partial charge in [0.25, 0.3) is 0 Å². The normalized spacial score (nSPS) is 12.4. The van der Waals surface area contributed by atoms with Gasteiger partial charge in [0.1, 0.15) is 0 Å². The van der Waals surface area contributed by atoms with E-state index in [9.17, 15) is 5.11 Å². The molecule has 1 unspecified atom stereocenters. The monoisotopic (exact) mass is 239 g/mol. The summed E-state index contributed by atoms with van der Waals surface area (Å²) in [6, 6.07) is 1.77. The second-order valence-corrected chi connectivity index (χ2v) is 4.25. The van der Waals surface area contributed by atoms with Crippen molar-refractivity contribution in [2.75, 3.05) is 0 Å². The van der Waals surface area contributed by atoms with E-state index in [1.165, 1.54) is 0 Å². The number of aliphatic hydroxyl groups is 1. The van der Waals surface area contributed by atoms with Crippen molar-refractivity contribution in [1.29, 1.82) is 0 Å². The minimum absolute atomic E-state index is 0.473. The molecule has 1 aromatic heterocycles. The summed E-state index contributed by atoms with van der Waals surface area (Å²) in [6.07, 6.45) is 9.74. The average Bonchev–Trinajstić information content (AvgIpc) is 2.29. The van der Waals surface area contributed by atoms with Crippen molar-refractivity contribution in [2.24, 2.45) is 0 Å². The van der Waals surface area contributed by atoms with Crippen LogP contribution in [0.1, 0.15) is 43.8 Å². The van der Waals surface area contributed by atoms with Gasteiger partial charge in [-0.1, -0.05) is 30.5 Å². The van der Waals surface area contributed by atoms with E-state index in [4.69, 9.17) is 11.6 Å². The van der Waals surface area contributed by atoms with Crippen LogP contribution >= 0.6 is 11.6 Å². The third-order valence-electron chi connectivity index (χ3n) is 2.55. The fraction of sp³-hybridized carbons (Fsp3) is 0.462. The van der Waals surface area contributed by atoms with Gasteiger partial charge in [-0.05, 0) is 25.3 Å². The van der Waals surface area contributed by atoms with Crippen LogP contribution in [0.2, 0.25) is 5.02 Å². The zero-order valence-corrected chi connectivity index (χ0v) is 10.2. The summed E-state index contributed by atoms with van der Waals surface area (Å²) in [6.45, 7) is 3.68. The predicted octanol–water partition coefficient (Wildman–Crippen LogP) is 3.90. The fourth-order valence-corrected chi connectivity index (χ4v) is 1.86. The molecule has 0 aliphatic rings. The highest BCUT2D eigenvalue weighted by molar-refractivity contribution is 6.31. The lowest BCUT2D eigenvalue weighted by molar-refractivity contribution is 0.163. The number of hydrogen-bond donors (Lipinski definition) is 1. The first kappa shape index (κ1) is 13.2. The van der Waals surface area contributed by atoms with Gasteiger partial charge in [-0.15, -0.1) is 6.58 Å². The maximum Gasteiger partial charge on any atom is 0.0805 e. The number of rotatable bonds is 7. The lowest BCUT2D eigenvalue weighted by atomic mass is 10.0. The molecule has 0 saturated heterocycles. The summed E-state index contributed by atoms with van der Waals surface area (Å²) in [5, 5.41) is 10.5. The van der Waals surface area contributed by atoms with Crippen LogP contribution in [0.15, 0.2) is 31.1 Å². The minimum atomic E-state index is -0.473. The first-order valence-corrected chi connectivity index (χ1v) is 6.02. The zero-order valence-electron chi connectivity index (χ0n) is 9.40. The third-order valence-corrected chi connectivity index (χ3v) is 2.86. The summed E-state index contributed by atoms with van der Waals surface area (Å²) in [5.41, 5.74) is 0.778. The summed E-state index contributed by atoms with van der Waals surface area (Å²) >= 11 is 5.95. The second kappa shape index (κ2) is 7.42. The van der Waals surface area contributed by atoms with Gasteiger partial charge in [-0.3, -0.25) is 4.98 Å². The zero-order chi connectivity index (χ0) is 11.8. The Kier molecular flexibility index (Phi) is 6.12. The van der Waals surface area contributed by atoms with Crippen LogP contribution in [0.3, 0.4) is 0 Å². The van der Waals surface area contributed by atoms with E-state index in [2.05, 4.69) is 11.6 Å². The molecule has 16 heavy (non-hydrogen) atoms. The van der Waals surface area contributed by atoms with Gasteiger partial charge in [-0.25, -0.2) is 0 Å². The number of pyridine rings is 1. The van der Waals surface area contributed by atoms with Gasteiger partial charge in [0.15, 0.2) is 0 Å². The molecule has 0 radical (unpaired) electrons. The Morgan fingerprint density at radius 1 is 1.44 bits per heavy atom. The third kappa shape index (κ3) is 4.33. The standard InChI is InChI=1S/C13H18ClNO/c1-2-3-4-5-6-7-13(16)11-8-9-15-10-12(11)14/h2,8-10,13,16H,1,3-7H2. The van der Waals surface area contributed by atoms with Crippen LogP contribution < -0.4 is 0 Å². The Morgan fingerprint density at radius 2 is 2.25 bits per heavy atom. The molecule has 0 amide bonds. The molecule has 0 aromatic carbocycles. The van der Waals surface area contributed by atoms with Gasteiger partial charge in [-0.2, -0.15) is 0 Å². The lowest BCUT2D eigenvalue weighted by Crippen LogP contribution is -1.98. The van der Waals surface area contributed by atoms with E-state index in [1.807, 2.05) is 6.08 Å². The van der Waals surface area contributed by atoms with Crippen molar-refractivity contribution in [2.45, 2.75) is 38.2 Å². The molecule has 88 valence electrons. The van der Waals surface area contributed by atoms with E-state index in [-0.39, 0.29) is 0 Å². The Bertz CT molecular complexity index is 327. The van der Waals surface area contributed by atoms with Crippen molar-refractivity contribution in [3.8, 4) is 0 Å². The number of halogens is 1. The highest BCUT2D eigenvalue weighted by atomic mass is 35.5. The highest BCUT2D eigenvalue weighted by Crippen LogP contribution is 2.25.